The molecule has 118 valence electrons. The predicted molar refractivity (Wildman–Crippen MR) is 78.0 cm³/mol. The second-order valence-corrected chi connectivity index (χ2v) is 9.40. The molecule has 1 heterocycles. The second kappa shape index (κ2) is 4.04. The van der Waals surface area contributed by atoms with Crippen LogP contribution >= 0.6 is 0 Å². The Morgan fingerprint density at radius 1 is 0.810 bits per heavy atom. The minimum absolute atomic E-state index is 0.305. The number of ether oxygens (including phenoxy) is 1. The molecule has 0 aromatic heterocycles. The van der Waals surface area contributed by atoms with Crippen LogP contribution in [0.3, 0.4) is 0 Å². The molecule has 3 heteroatoms. The average Bonchev–Trinajstić information content (AvgIpc) is 2.74. The van der Waals surface area contributed by atoms with Gasteiger partial charge in [-0.25, -0.2) is 0 Å². The molecule has 0 aromatic rings. The van der Waals surface area contributed by atoms with Gasteiger partial charge in [0, 0.05) is 24.7 Å². The second-order valence-electron chi connectivity index (χ2n) is 9.40. The van der Waals surface area contributed by atoms with Crippen molar-refractivity contribution in [1.82, 2.24) is 0 Å². The van der Waals surface area contributed by atoms with Gasteiger partial charge in [-0.3, -0.25) is 0 Å². The fourth-order valence-electron chi connectivity index (χ4n) is 6.51. The Balaban J connectivity index is 1.44. The van der Waals surface area contributed by atoms with Gasteiger partial charge in [0.2, 0.25) is 11.6 Å². The fourth-order valence-corrected chi connectivity index (χ4v) is 6.51. The molecule has 3 nitrogen and oxygen atoms in total. The zero-order valence-corrected chi connectivity index (χ0v) is 13.4. The molecule has 5 saturated carbocycles. The maximum Gasteiger partial charge on any atom is 0.210 e. The summed E-state index contributed by atoms with van der Waals surface area (Å²) in [5.41, 5.74) is 0.305. The van der Waals surface area contributed by atoms with E-state index in [2.05, 4.69) is 13.8 Å². The highest BCUT2D eigenvalue weighted by Crippen LogP contribution is 2.64. The van der Waals surface area contributed by atoms with E-state index in [1.54, 1.807) is 0 Å². The van der Waals surface area contributed by atoms with Crippen molar-refractivity contribution in [3.63, 3.8) is 0 Å². The lowest BCUT2D eigenvalue weighted by Gasteiger charge is -2.57. The van der Waals surface area contributed by atoms with Gasteiger partial charge in [-0.15, -0.1) is 0 Å². The first-order valence-electron chi connectivity index (χ1n) is 9.06. The van der Waals surface area contributed by atoms with E-state index < -0.39 is 5.79 Å². The number of hydrogen-bond acceptors (Lipinski definition) is 3. The van der Waals surface area contributed by atoms with Gasteiger partial charge in [0.25, 0.3) is 0 Å². The van der Waals surface area contributed by atoms with E-state index in [0.717, 1.165) is 24.7 Å². The topological polar surface area (TPSA) is 27.7 Å². The summed E-state index contributed by atoms with van der Waals surface area (Å²) in [5.74, 6) is 2.20. The van der Waals surface area contributed by atoms with Crippen LogP contribution in [0.2, 0.25) is 0 Å². The van der Waals surface area contributed by atoms with Gasteiger partial charge in [-0.05, 0) is 62.2 Å². The van der Waals surface area contributed by atoms with Crippen molar-refractivity contribution in [2.75, 3.05) is 0 Å². The molecule has 0 amide bonds. The molecule has 1 saturated heterocycles. The van der Waals surface area contributed by atoms with Crippen LogP contribution in [0.15, 0.2) is 0 Å². The predicted octanol–water partition coefficient (Wildman–Crippen LogP) is 4.41. The third-order valence-corrected chi connectivity index (χ3v) is 7.10. The van der Waals surface area contributed by atoms with E-state index in [-0.39, 0.29) is 5.79 Å². The van der Waals surface area contributed by atoms with Gasteiger partial charge >= 0.3 is 0 Å². The van der Waals surface area contributed by atoms with Crippen molar-refractivity contribution < 1.29 is 14.5 Å². The summed E-state index contributed by atoms with van der Waals surface area (Å²) in [7, 11) is 0. The molecule has 6 fully saturated rings. The highest BCUT2D eigenvalue weighted by atomic mass is 17.3. The molecule has 21 heavy (non-hydrogen) atoms. The third-order valence-electron chi connectivity index (χ3n) is 7.10. The smallest absolute Gasteiger partial charge is 0.210 e. The van der Waals surface area contributed by atoms with E-state index in [4.69, 9.17) is 14.5 Å². The van der Waals surface area contributed by atoms with Gasteiger partial charge in [-0.2, -0.15) is 9.78 Å². The van der Waals surface area contributed by atoms with Gasteiger partial charge < -0.3 is 4.74 Å². The van der Waals surface area contributed by atoms with Crippen LogP contribution in [-0.4, -0.2) is 11.6 Å². The maximum atomic E-state index is 6.75. The molecule has 2 spiro atoms. The lowest BCUT2D eigenvalue weighted by molar-refractivity contribution is -0.391. The minimum atomic E-state index is -0.447. The van der Waals surface area contributed by atoms with Gasteiger partial charge in [0.05, 0.1) is 0 Å². The molecule has 1 atom stereocenters. The van der Waals surface area contributed by atoms with E-state index in [9.17, 15) is 0 Å². The molecule has 0 aromatic carbocycles. The monoisotopic (exact) mass is 292 g/mol. The Labute approximate surface area is 127 Å². The highest BCUT2D eigenvalue weighted by Gasteiger charge is 2.67. The SMILES string of the molecule is CC1(C)CCCC2(C1)OOC1(O2)C2CC3CC(C2)CC1C3. The van der Waals surface area contributed by atoms with Crippen LogP contribution in [0, 0.1) is 29.1 Å². The lowest BCUT2D eigenvalue weighted by atomic mass is 9.53. The van der Waals surface area contributed by atoms with Gasteiger partial charge in [0.1, 0.15) is 0 Å². The Morgan fingerprint density at radius 3 is 2.10 bits per heavy atom. The largest absolute Gasteiger partial charge is 0.312 e. The van der Waals surface area contributed by atoms with E-state index in [1.807, 2.05) is 0 Å². The molecule has 6 rings (SSSR count). The molecule has 5 aliphatic carbocycles. The fraction of sp³-hybridized carbons (Fsp3) is 1.00. The summed E-state index contributed by atoms with van der Waals surface area (Å²) in [6.45, 7) is 4.67. The molecular formula is C18H28O3. The number of hydrogen-bond donors (Lipinski definition) is 0. The van der Waals surface area contributed by atoms with E-state index >= 15 is 0 Å². The van der Waals surface area contributed by atoms with Crippen LogP contribution in [0.4, 0.5) is 0 Å². The quantitative estimate of drug-likeness (QED) is 0.619. The van der Waals surface area contributed by atoms with Crippen molar-refractivity contribution in [3.05, 3.63) is 0 Å². The first-order valence-corrected chi connectivity index (χ1v) is 9.06. The maximum absolute atomic E-state index is 6.75. The minimum Gasteiger partial charge on any atom is -0.312 e. The molecule has 4 bridgehead atoms. The Morgan fingerprint density at radius 2 is 1.48 bits per heavy atom. The summed E-state index contributed by atoms with van der Waals surface area (Å²) >= 11 is 0. The summed E-state index contributed by atoms with van der Waals surface area (Å²) in [4.78, 5) is 12.1. The lowest BCUT2D eigenvalue weighted by Crippen LogP contribution is -2.59. The summed E-state index contributed by atoms with van der Waals surface area (Å²) < 4.78 is 6.75. The summed E-state index contributed by atoms with van der Waals surface area (Å²) in [6.07, 6.45) is 11.1. The Hall–Kier alpha value is -0.120. The first-order chi connectivity index (χ1) is 9.99. The van der Waals surface area contributed by atoms with Crippen molar-refractivity contribution >= 4 is 0 Å². The van der Waals surface area contributed by atoms with E-state index in [1.165, 1.54) is 44.9 Å². The summed E-state index contributed by atoms with van der Waals surface area (Å²) in [5, 5.41) is 0. The number of rotatable bonds is 0. The Kier molecular flexibility index (Phi) is 2.56. The van der Waals surface area contributed by atoms with Crippen LogP contribution in [0.25, 0.3) is 0 Å². The molecule has 6 aliphatic rings. The van der Waals surface area contributed by atoms with Crippen molar-refractivity contribution in [1.29, 1.82) is 0 Å². The van der Waals surface area contributed by atoms with Gasteiger partial charge in [0.15, 0.2) is 0 Å². The van der Waals surface area contributed by atoms with Crippen molar-refractivity contribution in [2.24, 2.45) is 29.1 Å². The molecule has 0 radical (unpaired) electrons. The van der Waals surface area contributed by atoms with Crippen LogP contribution in [0.5, 0.6) is 0 Å². The van der Waals surface area contributed by atoms with Crippen LogP contribution in [0.1, 0.15) is 71.6 Å². The normalized spacial score (nSPS) is 57.4. The third kappa shape index (κ3) is 1.83. The summed E-state index contributed by atoms with van der Waals surface area (Å²) in [6, 6.07) is 0. The zero-order chi connectivity index (χ0) is 14.3. The molecular weight excluding hydrogens is 264 g/mol. The van der Waals surface area contributed by atoms with Crippen molar-refractivity contribution in [3.8, 4) is 0 Å². The van der Waals surface area contributed by atoms with E-state index in [0.29, 0.717) is 17.3 Å². The average molecular weight is 292 g/mol. The molecule has 1 aliphatic heterocycles. The molecule has 0 N–H and O–H groups in total. The van der Waals surface area contributed by atoms with Crippen LogP contribution in [-0.2, 0) is 14.5 Å². The van der Waals surface area contributed by atoms with Crippen LogP contribution < -0.4 is 0 Å². The standard InChI is InChI=1S/C18H28O3/c1-16(2)4-3-5-17(11-16)19-18(21-20-17)14-7-12-6-13(9-14)10-15(18)8-12/h12-15H,3-11H2,1-2H3. The Bertz CT molecular complexity index is 429. The molecule has 1 unspecified atom stereocenters. The van der Waals surface area contributed by atoms with Crippen molar-refractivity contribution in [2.45, 2.75) is 83.2 Å². The first kappa shape index (κ1) is 13.3. The highest BCUT2D eigenvalue weighted by molar-refractivity contribution is 5.06. The van der Waals surface area contributed by atoms with Gasteiger partial charge in [-0.1, -0.05) is 13.8 Å². The zero-order valence-electron chi connectivity index (χ0n) is 13.4.